The number of piperidine rings is 1. The van der Waals surface area contributed by atoms with Crippen molar-refractivity contribution < 1.29 is 18.7 Å². The van der Waals surface area contributed by atoms with E-state index < -0.39 is 11.4 Å². The summed E-state index contributed by atoms with van der Waals surface area (Å²) in [4.78, 5) is 28.2. The fourth-order valence-corrected chi connectivity index (χ4v) is 5.84. The van der Waals surface area contributed by atoms with E-state index in [9.17, 15) is 9.18 Å². The molecule has 0 saturated carbocycles. The number of amides is 1. The average Bonchev–Trinajstić information content (AvgIpc) is 3.44. The lowest BCUT2D eigenvalue weighted by molar-refractivity contribution is 0.00902. The molecule has 0 aliphatic carbocycles. The van der Waals surface area contributed by atoms with Crippen LogP contribution in [-0.2, 0) is 4.74 Å². The number of ether oxygens (including phenoxy) is 2. The molecule has 10 nitrogen and oxygen atoms in total. The Bertz CT molecular complexity index is 1570. The molecule has 3 aromatic heterocycles. The first-order valence-corrected chi connectivity index (χ1v) is 15.1. The van der Waals surface area contributed by atoms with E-state index in [0.717, 1.165) is 66.9 Å². The predicted molar refractivity (Wildman–Crippen MR) is 166 cm³/mol. The SMILES string of the molecule is CC.COc1cc2c(-c3cnn4cc(N5CCC(N6CCN(C(=O)OC(C)(C)C)CC6)CC5)cnc34)ccnc2cc1F. The first-order chi connectivity index (χ1) is 20.7. The van der Waals surface area contributed by atoms with Gasteiger partial charge in [0.1, 0.15) is 5.60 Å². The molecule has 0 spiro atoms. The van der Waals surface area contributed by atoms with Gasteiger partial charge in [-0.3, -0.25) is 9.88 Å². The number of fused-ring (bicyclic) bond motifs is 2. The lowest BCUT2D eigenvalue weighted by atomic mass is 10.0. The Labute approximate surface area is 252 Å². The molecule has 0 radical (unpaired) electrons. The van der Waals surface area contributed by atoms with E-state index in [-0.39, 0.29) is 11.8 Å². The van der Waals surface area contributed by atoms with Gasteiger partial charge >= 0.3 is 6.09 Å². The van der Waals surface area contributed by atoms with Gasteiger partial charge in [-0.2, -0.15) is 5.10 Å². The molecule has 0 bridgehead atoms. The first kappa shape index (κ1) is 30.5. The van der Waals surface area contributed by atoms with Crippen LogP contribution in [0, 0.1) is 5.82 Å². The number of benzene rings is 1. The van der Waals surface area contributed by atoms with Gasteiger partial charge < -0.3 is 19.3 Å². The van der Waals surface area contributed by atoms with E-state index in [0.29, 0.717) is 24.6 Å². The number of methoxy groups -OCH3 is 1. The van der Waals surface area contributed by atoms with Crippen LogP contribution in [0.15, 0.2) is 43.0 Å². The van der Waals surface area contributed by atoms with Gasteiger partial charge in [-0.15, -0.1) is 0 Å². The van der Waals surface area contributed by atoms with Gasteiger partial charge in [0.25, 0.3) is 0 Å². The van der Waals surface area contributed by atoms with Crippen molar-refractivity contribution in [2.24, 2.45) is 0 Å². The smallest absolute Gasteiger partial charge is 0.410 e. The minimum absolute atomic E-state index is 0.173. The summed E-state index contributed by atoms with van der Waals surface area (Å²) in [5, 5.41) is 5.38. The average molecular weight is 592 g/mol. The number of carbonyl (C=O) groups excluding carboxylic acids is 1. The highest BCUT2D eigenvalue weighted by Gasteiger charge is 2.31. The minimum Gasteiger partial charge on any atom is -0.494 e. The van der Waals surface area contributed by atoms with Crippen LogP contribution < -0.4 is 9.64 Å². The molecule has 0 atom stereocenters. The van der Waals surface area contributed by atoms with Gasteiger partial charge in [0.15, 0.2) is 17.2 Å². The van der Waals surface area contributed by atoms with Crippen molar-refractivity contribution in [2.45, 2.75) is 59.1 Å². The monoisotopic (exact) mass is 591 g/mol. The lowest BCUT2D eigenvalue weighted by Gasteiger charge is -2.43. The van der Waals surface area contributed by atoms with Crippen molar-refractivity contribution >= 4 is 28.3 Å². The Morgan fingerprint density at radius 3 is 2.37 bits per heavy atom. The zero-order chi connectivity index (χ0) is 30.7. The van der Waals surface area contributed by atoms with E-state index in [4.69, 9.17) is 14.5 Å². The molecule has 2 aliphatic heterocycles. The van der Waals surface area contributed by atoms with Crippen molar-refractivity contribution in [3.05, 3.63) is 48.8 Å². The quantitative estimate of drug-likeness (QED) is 0.301. The van der Waals surface area contributed by atoms with E-state index in [1.54, 1.807) is 23.0 Å². The standard InChI is InChI=1S/C30H36FN7O3.C2H6/c1-30(2,3)41-29(39)37-13-11-36(12-14-37)20-6-9-35(10-7-20)21-17-33-28-24(18-34-38(28)19-21)22-5-8-32-26-16-25(31)27(40-4)15-23(22)26;1-2/h5,8,15-20H,6-7,9-14H2,1-4H3;1-2H3. The summed E-state index contributed by atoms with van der Waals surface area (Å²) in [7, 11) is 1.45. The number of pyridine rings is 1. The highest BCUT2D eigenvalue weighted by atomic mass is 19.1. The van der Waals surface area contributed by atoms with Crippen LogP contribution in [0.5, 0.6) is 5.75 Å². The van der Waals surface area contributed by atoms with E-state index in [1.807, 2.05) is 58.0 Å². The largest absolute Gasteiger partial charge is 0.494 e. The van der Waals surface area contributed by atoms with Crippen molar-refractivity contribution in [1.29, 1.82) is 0 Å². The molecule has 5 heterocycles. The lowest BCUT2D eigenvalue weighted by Crippen LogP contribution is -2.55. The summed E-state index contributed by atoms with van der Waals surface area (Å²) in [6.45, 7) is 14.7. The highest BCUT2D eigenvalue weighted by Crippen LogP contribution is 2.34. The van der Waals surface area contributed by atoms with Gasteiger partial charge in [-0.1, -0.05) is 13.8 Å². The van der Waals surface area contributed by atoms with Crippen LogP contribution in [0.4, 0.5) is 14.9 Å². The molecular formula is C32H42FN7O3. The molecule has 0 unspecified atom stereocenters. The molecule has 2 fully saturated rings. The Hall–Kier alpha value is -3.99. The summed E-state index contributed by atoms with van der Waals surface area (Å²) < 4.78 is 26.8. The number of nitrogens with zero attached hydrogens (tertiary/aromatic N) is 7. The van der Waals surface area contributed by atoms with Crippen molar-refractivity contribution in [3.8, 4) is 16.9 Å². The van der Waals surface area contributed by atoms with Crippen LogP contribution >= 0.6 is 0 Å². The maximum absolute atomic E-state index is 14.3. The van der Waals surface area contributed by atoms with Crippen LogP contribution in [0.1, 0.15) is 47.5 Å². The summed E-state index contributed by atoms with van der Waals surface area (Å²) in [6.07, 6.45) is 9.27. The fourth-order valence-electron chi connectivity index (χ4n) is 5.84. The number of piperazine rings is 1. The number of hydrogen-bond acceptors (Lipinski definition) is 8. The third-order valence-corrected chi connectivity index (χ3v) is 7.96. The fraction of sp³-hybridized carbons (Fsp3) is 0.500. The predicted octanol–water partition coefficient (Wildman–Crippen LogP) is 5.64. The molecule has 2 saturated heterocycles. The maximum atomic E-state index is 14.3. The highest BCUT2D eigenvalue weighted by molar-refractivity contribution is 5.98. The molecule has 0 N–H and O–H groups in total. The molecule has 1 amide bonds. The first-order valence-electron chi connectivity index (χ1n) is 15.1. The Morgan fingerprint density at radius 1 is 0.977 bits per heavy atom. The third-order valence-electron chi connectivity index (χ3n) is 7.96. The second-order valence-electron chi connectivity index (χ2n) is 11.7. The van der Waals surface area contributed by atoms with E-state index >= 15 is 0 Å². The number of aromatic nitrogens is 4. The van der Waals surface area contributed by atoms with Gasteiger partial charge in [-0.25, -0.2) is 18.7 Å². The van der Waals surface area contributed by atoms with Gasteiger partial charge in [0.2, 0.25) is 0 Å². The van der Waals surface area contributed by atoms with E-state index in [1.165, 1.54) is 13.2 Å². The van der Waals surface area contributed by atoms with Crippen molar-refractivity contribution in [2.75, 3.05) is 51.3 Å². The zero-order valence-electron chi connectivity index (χ0n) is 26.0. The van der Waals surface area contributed by atoms with Gasteiger partial charge in [0, 0.05) is 68.5 Å². The zero-order valence-corrected chi connectivity index (χ0v) is 26.0. The van der Waals surface area contributed by atoms with Crippen molar-refractivity contribution in [1.82, 2.24) is 29.4 Å². The van der Waals surface area contributed by atoms with Gasteiger partial charge in [-0.05, 0) is 51.3 Å². The summed E-state index contributed by atoms with van der Waals surface area (Å²) in [5.41, 5.74) is 3.55. The topological polar surface area (TPSA) is 88.3 Å². The third kappa shape index (κ3) is 6.51. The molecule has 11 heteroatoms. The van der Waals surface area contributed by atoms with Crippen molar-refractivity contribution in [3.63, 3.8) is 0 Å². The van der Waals surface area contributed by atoms with E-state index in [2.05, 4.69) is 19.9 Å². The summed E-state index contributed by atoms with van der Waals surface area (Å²) in [5.74, 6) is -0.272. The molecule has 230 valence electrons. The van der Waals surface area contributed by atoms with Crippen LogP contribution in [-0.4, -0.2) is 93.5 Å². The van der Waals surface area contributed by atoms with Crippen LogP contribution in [0.3, 0.4) is 0 Å². The van der Waals surface area contributed by atoms with Crippen LogP contribution in [0.25, 0.3) is 27.7 Å². The normalized spacial score (nSPS) is 16.7. The molecule has 43 heavy (non-hydrogen) atoms. The molecule has 2 aliphatic rings. The molecular weight excluding hydrogens is 549 g/mol. The summed E-state index contributed by atoms with van der Waals surface area (Å²) in [6, 6.07) is 5.46. The number of anilines is 1. The molecule has 6 rings (SSSR count). The van der Waals surface area contributed by atoms with Crippen LogP contribution in [0.2, 0.25) is 0 Å². The number of hydrogen-bond donors (Lipinski definition) is 0. The minimum atomic E-state index is -0.473. The second kappa shape index (κ2) is 12.7. The number of rotatable bonds is 4. The van der Waals surface area contributed by atoms with Gasteiger partial charge in [0.05, 0.1) is 36.9 Å². The Morgan fingerprint density at radius 2 is 1.70 bits per heavy atom. The molecule has 4 aromatic rings. The maximum Gasteiger partial charge on any atom is 0.410 e. The second-order valence-corrected chi connectivity index (χ2v) is 11.7. The number of carbonyl (C=O) groups is 1. The Kier molecular flexibility index (Phi) is 9.00. The number of halogens is 1. The Balaban J connectivity index is 0.00000180. The summed E-state index contributed by atoms with van der Waals surface area (Å²) >= 11 is 0. The molecule has 1 aromatic carbocycles.